The Kier molecular flexibility index (Phi) is 4.89. The molecule has 1 atom stereocenters. The van der Waals surface area contributed by atoms with Gasteiger partial charge < -0.3 is 15.4 Å². The van der Waals surface area contributed by atoms with Gasteiger partial charge in [0.15, 0.2) is 0 Å². The molecule has 4 nitrogen and oxygen atoms in total. The molecular weight excluding hydrogens is 266 g/mol. The summed E-state index contributed by atoms with van der Waals surface area (Å²) in [7, 11) is 1.42. The van der Waals surface area contributed by atoms with Crippen molar-refractivity contribution in [2.45, 2.75) is 12.8 Å². The highest BCUT2D eigenvalue weighted by molar-refractivity contribution is 5.94. The fourth-order valence-corrected chi connectivity index (χ4v) is 2.25. The van der Waals surface area contributed by atoms with Crippen molar-refractivity contribution in [3.05, 3.63) is 29.3 Å². The zero-order chi connectivity index (χ0) is 14.5. The normalized spacial score (nSPS) is 18.6. The van der Waals surface area contributed by atoms with E-state index in [0.29, 0.717) is 13.2 Å². The van der Waals surface area contributed by atoms with Gasteiger partial charge in [-0.3, -0.25) is 4.79 Å². The highest BCUT2D eigenvalue weighted by Gasteiger charge is 2.17. The third kappa shape index (κ3) is 3.45. The smallest absolute Gasteiger partial charge is 0.251 e. The van der Waals surface area contributed by atoms with Crippen molar-refractivity contribution >= 4 is 11.6 Å². The van der Waals surface area contributed by atoms with Crippen LogP contribution in [0.2, 0.25) is 0 Å². The van der Waals surface area contributed by atoms with Crippen LogP contribution in [-0.2, 0) is 4.74 Å². The monoisotopic (exact) mass is 284 g/mol. The van der Waals surface area contributed by atoms with E-state index in [1.54, 1.807) is 0 Å². The highest BCUT2D eigenvalue weighted by Crippen LogP contribution is 2.20. The van der Waals surface area contributed by atoms with Gasteiger partial charge in [-0.25, -0.2) is 8.78 Å². The lowest BCUT2D eigenvalue weighted by Crippen LogP contribution is -2.33. The van der Waals surface area contributed by atoms with Gasteiger partial charge in [-0.2, -0.15) is 0 Å². The molecule has 2 N–H and O–H groups in total. The van der Waals surface area contributed by atoms with E-state index in [2.05, 4.69) is 10.6 Å². The molecule has 110 valence electrons. The summed E-state index contributed by atoms with van der Waals surface area (Å²) in [6.45, 7) is 1.82. The van der Waals surface area contributed by atoms with Gasteiger partial charge >= 0.3 is 0 Å². The van der Waals surface area contributed by atoms with Crippen LogP contribution < -0.4 is 10.6 Å². The van der Waals surface area contributed by atoms with E-state index in [1.165, 1.54) is 7.05 Å². The minimum absolute atomic E-state index is 0.0178. The van der Waals surface area contributed by atoms with Gasteiger partial charge in [0.25, 0.3) is 5.91 Å². The van der Waals surface area contributed by atoms with Gasteiger partial charge in [0.2, 0.25) is 0 Å². The average molecular weight is 284 g/mol. The summed E-state index contributed by atoms with van der Waals surface area (Å²) < 4.78 is 32.4. The second-order valence-electron chi connectivity index (χ2n) is 4.86. The second kappa shape index (κ2) is 6.65. The molecular formula is C14H18F2N2O2. The maximum atomic E-state index is 13.6. The number of anilines is 1. The van der Waals surface area contributed by atoms with Gasteiger partial charge in [0.1, 0.15) is 17.3 Å². The fraction of sp³-hybridized carbons (Fsp3) is 0.500. The molecule has 1 amide bonds. The zero-order valence-corrected chi connectivity index (χ0v) is 11.3. The first-order valence-corrected chi connectivity index (χ1v) is 6.64. The zero-order valence-electron chi connectivity index (χ0n) is 11.3. The molecule has 1 aromatic rings. The largest absolute Gasteiger partial charge is 0.383 e. The predicted molar refractivity (Wildman–Crippen MR) is 71.8 cm³/mol. The van der Waals surface area contributed by atoms with Crippen LogP contribution in [0.5, 0.6) is 0 Å². The summed E-state index contributed by atoms with van der Waals surface area (Å²) in [4.78, 5) is 11.9. The van der Waals surface area contributed by atoms with Crippen LogP contribution in [0.4, 0.5) is 14.5 Å². The first-order chi connectivity index (χ1) is 9.61. The van der Waals surface area contributed by atoms with Gasteiger partial charge in [0.05, 0.1) is 6.61 Å². The van der Waals surface area contributed by atoms with Crippen molar-refractivity contribution in [1.82, 2.24) is 5.32 Å². The van der Waals surface area contributed by atoms with Crippen molar-refractivity contribution in [1.29, 1.82) is 0 Å². The van der Waals surface area contributed by atoms with E-state index in [1.807, 2.05) is 0 Å². The average Bonchev–Trinajstić information content (AvgIpc) is 2.45. The molecule has 1 unspecified atom stereocenters. The van der Waals surface area contributed by atoms with Gasteiger partial charge in [-0.15, -0.1) is 0 Å². The van der Waals surface area contributed by atoms with Gasteiger partial charge in [0, 0.05) is 25.8 Å². The number of carbonyl (C=O) groups is 1. The molecule has 0 bridgehead atoms. The Balaban J connectivity index is 1.98. The molecule has 20 heavy (non-hydrogen) atoms. The summed E-state index contributed by atoms with van der Waals surface area (Å²) in [5.74, 6) is -1.77. The second-order valence-corrected chi connectivity index (χ2v) is 4.86. The quantitative estimate of drug-likeness (QED) is 0.891. The molecule has 1 fully saturated rings. The molecule has 0 saturated carbocycles. The number of ether oxygens (including phenoxy) is 1. The summed E-state index contributed by atoms with van der Waals surface area (Å²) in [5, 5.41) is 5.10. The third-order valence-corrected chi connectivity index (χ3v) is 3.36. The van der Waals surface area contributed by atoms with Crippen molar-refractivity contribution in [3.63, 3.8) is 0 Å². The van der Waals surface area contributed by atoms with E-state index >= 15 is 0 Å². The molecule has 1 saturated heterocycles. The predicted octanol–water partition coefficient (Wildman–Crippen LogP) is 2.16. The van der Waals surface area contributed by atoms with Crippen LogP contribution in [0, 0.1) is 17.6 Å². The van der Waals surface area contributed by atoms with Crippen LogP contribution in [0.15, 0.2) is 12.1 Å². The third-order valence-electron chi connectivity index (χ3n) is 3.36. The Bertz CT molecular complexity index is 465. The molecule has 0 aliphatic carbocycles. The number of nitrogens with one attached hydrogen (secondary N) is 2. The number of benzene rings is 1. The standard InChI is InChI=1S/C14H18F2N2O2/c1-17-13-11(15)5-10(6-12(13)16)14(19)18-7-9-3-2-4-20-8-9/h5-6,9,17H,2-4,7-8H2,1H3,(H,18,19). The molecule has 0 spiro atoms. The molecule has 1 heterocycles. The lowest BCUT2D eigenvalue weighted by atomic mass is 10.0. The van der Waals surface area contributed by atoms with Crippen molar-refractivity contribution in [3.8, 4) is 0 Å². The Morgan fingerprint density at radius 2 is 2.10 bits per heavy atom. The number of carbonyl (C=O) groups excluding carboxylic acids is 1. The van der Waals surface area contributed by atoms with Crippen LogP contribution in [0.3, 0.4) is 0 Å². The van der Waals surface area contributed by atoms with Crippen LogP contribution in [0.25, 0.3) is 0 Å². The molecule has 0 aromatic heterocycles. The van der Waals surface area contributed by atoms with Gasteiger partial charge in [-0.05, 0) is 30.9 Å². The number of rotatable bonds is 4. The van der Waals surface area contributed by atoms with E-state index in [9.17, 15) is 13.6 Å². The van der Waals surface area contributed by atoms with Crippen LogP contribution in [-0.4, -0.2) is 32.7 Å². The van der Waals surface area contributed by atoms with Crippen LogP contribution >= 0.6 is 0 Å². The minimum Gasteiger partial charge on any atom is -0.383 e. The van der Waals surface area contributed by atoms with Crippen molar-refractivity contribution < 1.29 is 18.3 Å². The molecule has 0 radical (unpaired) electrons. The van der Waals surface area contributed by atoms with E-state index in [-0.39, 0.29) is 17.2 Å². The van der Waals surface area contributed by atoms with Crippen LogP contribution in [0.1, 0.15) is 23.2 Å². The maximum absolute atomic E-state index is 13.6. The van der Waals surface area contributed by atoms with Gasteiger partial charge in [-0.1, -0.05) is 0 Å². The molecule has 2 rings (SSSR count). The van der Waals surface area contributed by atoms with E-state index in [0.717, 1.165) is 31.6 Å². The molecule has 1 aromatic carbocycles. The Labute approximate surface area is 116 Å². The first kappa shape index (κ1) is 14.7. The Morgan fingerprint density at radius 3 is 2.65 bits per heavy atom. The minimum atomic E-state index is -0.779. The lowest BCUT2D eigenvalue weighted by molar-refractivity contribution is 0.0536. The Hall–Kier alpha value is -1.69. The fourth-order valence-electron chi connectivity index (χ4n) is 2.25. The molecule has 6 heteroatoms. The summed E-state index contributed by atoms with van der Waals surface area (Å²) in [5.41, 5.74) is -0.252. The number of hydrogen-bond acceptors (Lipinski definition) is 3. The number of amides is 1. The highest BCUT2D eigenvalue weighted by atomic mass is 19.1. The topological polar surface area (TPSA) is 50.4 Å². The first-order valence-electron chi connectivity index (χ1n) is 6.64. The maximum Gasteiger partial charge on any atom is 0.251 e. The SMILES string of the molecule is CNc1c(F)cc(C(=O)NCC2CCCOC2)cc1F. The summed E-state index contributed by atoms with van der Waals surface area (Å²) in [6.07, 6.45) is 1.96. The summed E-state index contributed by atoms with van der Waals surface area (Å²) in [6, 6.07) is 2.06. The number of halogens is 2. The molecule has 1 aliphatic rings. The van der Waals surface area contributed by atoms with Crippen molar-refractivity contribution in [2.24, 2.45) is 5.92 Å². The summed E-state index contributed by atoms with van der Waals surface area (Å²) >= 11 is 0. The Morgan fingerprint density at radius 1 is 1.40 bits per heavy atom. The molecule has 1 aliphatic heterocycles. The lowest BCUT2D eigenvalue weighted by Gasteiger charge is -2.22. The van der Waals surface area contributed by atoms with E-state index in [4.69, 9.17) is 4.74 Å². The van der Waals surface area contributed by atoms with E-state index < -0.39 is 17.5 Å². The number of hydrogen-bond donors (Lipinski definition) is 2. The van der Waals surface area contributed by atoms with Crippen molar-refractivity contribution in [2.75, 3.05) is 32.1 Å².